The lowest BCUT2D eigenvalue weighted by molar-refractivity contribution is -0.278. The molecule has 1 aliphatic heterocycles. The first-order valence-corrected chi connectivity index (χ1v) is 52.8. The topological polar surface area (TPSA) is 356 Å². The summed E-state index contributed by atoms with van der Waals surface area (Å²) in [6.07, 6.45) is 52.4. The van der Waals surface area contributed by atoms with Gasteiger partial charge >= 0.3 is 39.5 Å². The largest absolute Gasteiger partial charge is 0.470 e. The summed E-state index contributed by atoms with van der Waals surface area (Å²) in [6.45, 7) is 8.66. The van der Waals surface area contributed by atoms with Crippen molar-refractivity contribution in [1.82, 2.24) is 10.6 Å². The van der Waals surface area contributed by atoms with E-state index in [9.17, 15) is 62.9 Å². The van der Waals surface area contributed by atoms with Crippen molar-refractivity contribution in [1.29, 1.82) is 0 Å². The molecule has 0 saturated carbocycles. The summed E-state index contributed by atoms with van der Waals surface area (Å²) in [4.78, 5) is 127. The number of nitrogens with one attached hydrogen (secondary N) is 2. The maximum atomic E-state index is 15.1. The minimum Gasteiger partial charge on any atom is -0.462 e. The Morgan fingerprint density at radius 3 is 0.934 bits per heavy atom. The molecule has 24 nitrogen and oxygen atoms in total. The number of amides is 2. The minimum absolute atomic E-state index is 0.103. The molecule has 0 aromatic heterocycles. The van der Waals surface area contributed by atoms with E-state index in [0.717, 1.165) is 205 Å². The highest BCUT2D eigenvalue weighted by Gasteiger charge is 2.53. The van der Waals surface area contributed by atoms with Crippen molar-refractivity contribution in [3.63, 3.8) is 0 Å². The van der Waals surface area contributed by atoms with Gasteiger partial charge in [-0.15, -0.1) is 0 Å². The second-order valence-corrected chi connectivity index (χ2v) is 37.9. The molecule has 9 atom stereocenters. The van der Waals surface area contributed by atoms with Gasteiger partial charge in [0.2, 0.25) is 11.8 Å². The minimum atomic E-state index is -5.64. The van der Waals surface area contributed by atoms with E-state index in [1.807, 2.05) is 0 Å². The molecule has 0 aromatic carbocycles. The Morgan fingerprint density at radius 1 is 0.355 bits per heavy atom. The number of hydrogen-bond donors (Lipinski definition) is 8. The smallest absolute Gasteiger partial charge is 0.462 e. The Bertz CT molecular complexity index is 2580. The van der Waals surface area contributed by atoms with Crippen LogP contribution in [0.4, 0.5) is 0 Å². The van der Waals surface area contributed by atoms with Crippen LogP contribution in [0.3, 0.4) is 0 Å². The lowest BCUT2D eigenvalue weighted by Crippen LogP contribution is -2.67. The van der Waals surface area contributed by atoms with Crippen molar-refractivity contribution in [2.45, 2.75) is 534 Å². The fraction of sp³-hybridized carbons (Fsp3) is 0.937. The number of carbonyl (C=O) groups is 6. The number of aliphatic hydroxyl groups excluding tert-OH is 2. The third-order valence-electron chi connectivity index (χ3n) is 23.7. The van der Waals surface area contributed by atoms with Gasteiger partial charge in [-0.3, -0.25) is 37.8 Å². The Morgan fingerprint density at radius 2 is 0.645 bits per heavy atom. The van der Waals surface area contributed by atoms with Crippen molar-refractivity contribution < 1.29 is 105 Å². The lowest BCUT2D eigenvalue weighted by Gasteiger charge is -2.46. The number of phosphoric ester groups is 2. The molecule has 121 heavy (non-hydrogen) atoms. The van der Waals surface area contributed by atoms with E-state index >= 15 is 4.79 Å². The average molecular weight is 1770 g/mol. The average Bonchev–Trinajstić information content (AvgIpc) is 0.776. The van der Waals surface area contributed by atoms with Gasteiger partial charge in [0.1, 0.15) is 36.6 Å². The molecule has 1 rings (SSSR count). The Labute approximate surface area is 735 Å². The van der Waals surface area contributed by atoms with Crippen LogP contribution in [0.5, 0.6) is 0 Å². The van der Waals surface area contributed by atoms with Crippen molar-refractivity contribution in [3.05, 3.63) is 0 Å². The molecule has 0 aliphatic carbocycles. The Kier molecular flexibility index (Phi) is 75.7. The van der Waals surface area contributed by atoms with Crippen LogP contribution in [-0.4, -0.2) is 147 Å². The van der Waals surface area contributed by atoms with E-state index in [2.05, 4.69) is 52.2 Å². The van der Waals surface area contributed by atoms with Gasteiger partial charge in [0.15, 0.2) is 12.4 Å². The van der Waals surface area contributed by atoms with E-state index < -0.39 is 152 Å². The van der Waals surface area contributed by atoms with Crippen molar-refractivity contribution in [2.24, 2.45) is 5.41 Å². The summed E-state index contributed by atoms with van der Waals surface area (Å²) in [5, 5.41) is 28.2. The summed E-state index contributed by atoms with van der Waals surface area (Å²) < 4.78 is 73.7. The van der Waals surface area contributed by atoms with Crippen molar-refractivity contribution in [2.75, 3.05) is 33.0 Å². The molecule has 1 heterocycles. The molecule has 0 radical (unpaired) electrons. The van der Waals surface area contributed by atoms with E-state index in [-0.39, 0.29) is 38.5 Å². The molecule has 9 unspecified atom stereocenters. The summed E-state index contributed by atoms with van der Waals surface area (Å²) >= 11 is 0. The van der Waals surface area contributed by atoms with E-state index in [0.29, 0.717) is 44.9 Å². The highest BCUT2D eigenvalue weighted by atomic mass is 31.2. The first-order chi connectivity index (χ1) is 58.5. The summed E-state index contributed by atoms with van der Waals surface area (Å²) in [7, 11) is -11.0. The van der Waals surface area contributed by atoms with Gasteiger partial charge in [-0.05, 0) is 57.8 Å². The van der Waals surface area contributed by atoms with Gasteiger partial charge in [-0.2, -0.15) is 0 Å². The number of esters is 4. The SMILES string of the molecule is CCCCCCCCCCCCCC(=O)OC(CCCCCCCCCCC)CC(=O)NCC(CO)(COC1OC(CO)C(OP(=O)(O)O)C(OC(=O)CC(CCCCCCCCCCC)OC(=O)CCCCCCCCCCCCC)C1NC(=O)CC(CCCCCCCCCCC)OC(=O)CCCCCCCCCCCCC)COP(=O)(O)O. The second-order valence-electron chi connectivity index (χ2n) is 35.5. The van der Waals surface area contributed by atoms with Crippen LogP contribution >= 0.6 is 15.6 Å². The third-order valence-corrected chi connectivity index (χ3v) is 24.7. The molecule has 0 spiro atoms. The van der Waals surface area contributed by atoms with Crippen LogP contribution in [0.1, 0.15) is 485 Å². The zero-order valence-corrected chi connectivity index (χ0v) is 79.3. The molecular formula is C95H182N2O22P2. The normalized spacial score (nSPS) is 16.9. The molecule has 1 saturated heterocycles. The maximum Gasteiger partial charge on any atom is 0.470 e. The molecule has 2 amide bonds. The number of phosphoric acid groups is 2. The number of hydrogen-bond acceptors (Lipinski definition) is 18. The molecule has 0 bridgehead atoms. The fourth-order valence-electron chi connectivity index (χ4n) is 16.1. The molecule has 26 heteroatoms. The Balaban J connectivity index is 4.00. The van der Waals surface area contributed by atoms with Crippen LogP contribution in [0.25, 0.3) is 0 Å². The van der Waals surface area contributed by atoms with Crippen LogP contribution in [0.2, 0.25) is 0 Å². The molecule has 1 aliphatic rings. The van der Waals surface area contributed by atoms with Gasteiger partial charge in [0, 0.05) is 25.8 Å². The maximum absolute atomic E-state index is 15.1. The highest BCUT2D eigenvalue weighted by Crippen LogP contribution is 2.44. The first-order valence-electron chi connectivity index (χ1n) is 49.8. The number of rotatable bonds is 89. The molecule has 8 N–H and O–H groups in total. The van der Waals surface area contributed by atoms with Crippen molar-refractivity contribution >= 4 is 51.3 Å². The predicted molar refractivity (Wildman–Crippen MR) is 483 cm³/mol. The quantitative estimate of drug-likeness (QED) is 0.0121. The second kappa shape index (κ2) is 79.1. The number of aliphatic hydroxyl groups is 2. The van der Waals surface area contributed by atoms with Crippen molar-refractivity contribution in [3.8, 4) is 0 Å². The predicted octanol–water partition coefficient (Wildman–Crippen LogP) is 23.6. The number of unbranched alkanes of at least 4 members (excludes halogenated alkanes) is 54. The van der Waals surface area contributed by atoms with E-state index in [1.54, 1.807) is 0 Å². The highest BCUT2D eigenvalue weighted by molar-refractivity contribution is 7.46. The first kappa shape index (κ1) is 116. The summed E-state index contributed by atoms with van der Waals surface area (Å²) in [6, 6.07) is -1.86. The summed E-state index contributed by atoms with van der Waals surface area (Å²) in [5.74, 6) is -3.96. The summed E-state index contributed by atoms with van der Waals surface area (Å²) in [5.41, 5.74) is -1.99. The van der Waals surface area contributed by atoms with Gasteiger partial charge < -0.3 is 68.8 Å². The lowest BCUT2D eigenvalue weighted by atomic mass is 9.90. The molecule has 1 fully saturated rings. The van der Waals surface area contributed by atoms with E-state index in [4.69, 9.17) is 37.5 Å². The Hall–Kier alpha value is -3.12. The zero-order chi connectivity index (χ0) is 89.0. The standard InChI is InChI=1S/C95H182N2O22P2/c1-7-13-19-25-31-37-40-46-52-58-64-70-87(102)114-81(67-61-55-49-43-34-28-22-16-10-4)73-85(100)96-77-95(78-99,80-113-120(106,107)108)79-112-94-91(97-86(101)74-82(68-62-56-50-44-35-29-23-17-11-5)115-88(103)71-65-59-53-47-41-38-32-26-20-14-8-2)93(92(84(76-98)117-94)119-121(109,110)111)118-90(105)75-83(69-63-57-51-45-36-30-24-18-12-6)116-89(104)72-66-60-54-48-42-39-33-27-21-15-9-3/h81-84,91-94,98-99H,7-80H2,1-6H3,(H,96,100)(H,97,101)(H2,106,107,108)(H2,109,110,111). The van der Waals surface area contributed by atoms with Gasteiger partial charge in [0.25, 0.3) is 0 Å². The van der Waals surface area contributed by atoms with Crippen LogP contribution in [0.15, 0.2) is 0 Å². The molecule has 0 aromatic rings. The number of carbonyl (C=O) groups excluding carboxylic acids is 6. The third kappa shape index (κ3) is 68.7. The van der Waals surface area contributed by atoms with Crippen LogP contribution in [0, 0.1) is 5.41 Å². The van der Waals surface area contributed by atoms with Crippen LogP contribution < -0.4 is 10.6 Å². The van der Waals surface area contributed by atoms with Gasteiger partial charge in [-0.1, -0.05) is 388 Å². The van der Waals surface area contributed by atoms with Gasteiger partial charge in [0.05, 0.1) is 51.1 Å². The van der Waals surface area contributed by atoms with Gasteiger partial charge in [-0.25, -0.2) is 9.13 Å². The monoisotopic (exact) mass is 1770 g/mol. The molecule has 714 valence electrons. The van der Waals surface area contributed by atoms with Crippen LogP contribution in [-0.2, 0) is 75.4 Å². The number of ether oxygens (including phenoxy) is 6. The fourth-order valence-corrected chi connectivity index (χ4v) is 17.2. The zero-order valence-electron chi connectivity index (χ0n) is 77.6. The van der Waals surface area contributed by atoms with E-state index in [1.165, 1.54) is 141 Å². The molecular weight excluding hydrogens is 1580 g/mol.